The molecule has 0 aromatic heterocycles. The summed E-state index contributed by atoms with van der Waals surface area (Å²) in [6, 6.07) is 9.11. The van der Waals surface area contributed by atoms with Crippen LogP contribution in [0, 0.1) is 0 Å². The standard InChI is InChI=1S/C21H23F3N2O2S/c1-25-11-9-17-18-13-16(7-8-19(18)26(2)20(17)10-12-25)29(27,28)15-5-3-14(4-6-15)21(22,23)24/h3-8,13,17,20H,9-12H2,1-2H3/t17-,20-/m1/s1. The number of sulfone groups is 1. The number of likely N-dealkylation sites (N-methyl/N-ethyl adjacent to an activating group) is 1. The molecule has 0 radical (unpaired) electrons. The van der Waals surface area contributed by atoms with Gasteiger partial charge in [0.1, 0.15) is 0 Å². The van der Waals surface area contributed by atoms with Crippen molar-refractivity contribution in [1.82, 2.24) is 4.90 Å². The molecule has 0 N–H and O–H groups in total. The van der Waals surface area contributed by atoms with Crippen molar-refractivity contribution < 1.29 is 21.6 Å². The molecule has 0 saturated carbocycles. The first-order valence-corrected chi connectivity index (χ1v) is 11.0. The highest BCUT2D eigenvalue weighted by Gasteiger charge is 2.38. The molecule has 2 aromatic rings. The Morgan fingerprint density at radius 2 is 1.55 bits per heavy atom. The smallest absolute Gasteiger partial charge is 0.371 e. The van der Waals surface area contributed by atoms with Crippen molar-refractivity contribution in [2.75, 3.05) is 32.1 Å². The van der Waals surface area contributed by atoms with Crippen molar-refractivity contribution in [3.63, 3.8) is 0 Å². The third-order valence-corrected chi connectivity index (χ3v) is 7.94. The second-order valence-corrected chi connectivity index (χ2v) is 9.86. The second-order valence-electron chi connectivity index (χ2n) is 7.91. The topological polar surface area (TPSA) is 40.6 Å². The van der Waals surface area contributed by atoms with Gasteiger partial charge in [-0.1, -0.05) is 0 Å². The average Bonchev–Trinajstić information content (AvgIpc) is 2.81. The minimum absolute atomic E-state index is 0.127. The summed E-state index contributed by atoms with van der Waals surface area (Å²) in [5.74, 6) is 0.253. The number of benzene rings is 2. The van der Waals surface area contributed by atoms with Crippen LogP contribution in [-0.4, -0.2) is 46.5 Å². The van der Waals surface area contributed by atoms with Crippen molar-refractivity contribution in [3.8, 4) is 0 Å². The molecule has 4 nitrogen and oxygen atoms in total. The molecular formula is C21H23F3N2O2S. The quantitative estimate of drug-likeness (QED) is 0.726. The third-order valence-electron chi connectivity index (χ3n) is 6.17. The zero-order valence-electron chi connectivity index (χ0n) is 16.3. The normalized spacial score (nSPS) is 22.9. The third kappa shape index (κ3) is 3.53. The van der Waals surface area contributed by atoms with E-state index in [1.165, 1.54) is 0 Å². The zero-order chi connectivity index (χ0) is 21.0. The number of halogens is 3. The van der Waals surface area contributed by atoms with Gasteiger partial charge in [0, 0.05) is 24.7 Å². The van der Waals surface area contributed by atoms with Crippen molar-refractivity contribution in [2.24, 2.45) is 0 Å². The lowest BCUT2D eigenvalue weighted by atomic mass is 9.91. The molecule has 2 aliphatic heterocycles. The van der Waals surface area contributed by atoms with Crippen LogP contribution in [0.15, 0.2) is 52.3 Å². The molecule has 0 aliphatic carbocycles. The van der Waals surface area contributed by atoms with Crippen LogP contribution < -0.4 is 4.90 Å². The maximum absolute atomic E-state index is 13.1. The number of alkyl halides is 3. The average molecular weight is 424 g/mol. The van der Waals surface area contributed by atoms with Crippen LogP contribution in [0.5, 0.6) is 0 Å². The van der Waals surface area contributed by atoms with Crippen LogP contribution in [0.2, 0.25) is 0 Å². The Morgan fingerprint density at radius 3 is 2.21 bits per heavy atom. The van der Waals surface area contributed by atoms with E-state index in [4.69, 9.17) is 0 Å². The number of likely N-dealkylation sites (tertiary alicyclic amines) is 1. The summed E-state index contributed by atoms with van der Waals surface area (Å²) in [7, 11) is 0.237. The lowest BCUT2D eigenvalue weighted by molar-refractivity contribution is -0.137. The molecule has 1 saturated heterocycles. The first-order chi connectivity index (χ1) is 13.6. The maximum Gasteiger partial charge on any atom is 0.416 e. The molecule has 1 fully saturated rings. The highest BCUT2D eigenvalue weighted by atomic mass is 32.2. The molecule has 0 amide bonds. The van der Waals surface area contributed by atoms with Crippen LogP contribution in [0.3, 0.4) is 0 Å². The molecule has 4 rings (SSSR count). The van der Waals surface area contributed by atoms with Gasteiger partial charge < -0.3 is 9.80 Å². The number of hydrogen-bond acceptors (Lipinski definition) is 4. The lowest BCUT2D eigenvalue weighted by Gasteiger charge is -2.25. The summed E-state index contributed by atoms with van der Waals surface area (Å²) in [6.45, 7) is 1.94. The van der Waals surface area contributed by atoms with E-state index in [1.54, 1.807) is 12.1 Å². The lowest BCUT2D eigenvalue weighted by Crippen LogP contribution is -2.31. The Labute approximate surface area is 168 Å². The fourth-order valence-corrected chi connectivity index (χ4v) is 5.80. The van der Waals surface area contributed by atoms with Gasteiger partial charge in [0.2, 0.25) is 9.84 Å². The van der Waals surface area contributed by atoms with Crippen molar-refractivity contribution in [1.29, 1.82) is 0 Å². The number of anilines is 1. The second kappa shape index (κ2) is 7.02. The van der Waals surface area contributed by atoms with E-state index in [-0.39, 0.29) is 15.7 Å². The summed E-state index contributed by atoms with van der Waals surface area (Å²) >= 11 is 0. The fourth-order valence-electron chi connectivity index (χ4n) is 4.50. The highest BCUT2D eigenvalue weighted by molar-refractivity contribution is 7.91. The van der Waals surface area contributed by atoms with Crippen LogP contribution in [-0.2, 0) is 16.0 Å². The van der Waals surface area contributed by atoms with Crippen LogP contribution in [0.25, 0.3) is 0 Å². The van der Waals surface area contributed by atoms with E-state index >= 15 is 0 Å². The SMILES string of the molecule is CN1CC[C@@H]2c3cc(S(=O)(=O)c4ccc(C(F)(F)F)cc4)ccc3N(C)[C@@H]2CC1. The monoisotopic (exact) mass is 424 g/mol. The molecular weight excluding hydrogens is 401 g/mol. The van der Waals surface area contributed by atoms with Crippen LogP contribution in [0.1, 0.15) is 29.9 Å². The number of nitrogens with zero attached hydrogens (tertiary/aromatic N) is 2. The Bertz CT molecular complexity index is 1020. The molecule has 0 spiro atoms. The first kappa shape index (κ1) is 20.2. The molecule has 2 aliphatic rings. The Balaban J connectivity index is 1.70. The van der Waals surface area contributed by atoms with Gasteiger partial charge in [-0.05, 0) is 81.0 Å². The molecule has 0 unspecified atom stereocenters. The molecule has 156 valence electrons. The molecule has 2 aromatic carbocycles. The number of fused-ring (bicyclic) bond motifs is 3. The number of rotatable bonds is 2. The highest BCUT2D eigenvalue weighted by Crippen LogP contribution is 2.45. The maximum atomic E-state index is 13.1. The fraction of sp³-hybridized carbons (Fsp3) is 0.429. The Hall–Kier alpha value is -2.06. The van der Waals surface area contributed by atoms with Crippen molar-refractivity contribution in [3.05, 3.63) is 53.6 Å². The number of hydrogen-bond donors (Lipinski definition) is 0. The van der Waals surface area contributed by atoms with Gasteiger partial charge in [0.25, 0.3) is 0 Å². The van der Waals surface area contributed by atoms with E-state index in [1.807, 2.05) is 13.1 Å². The molecule has 0 bridgehead atoms. The predicted octanol–water partition coefficient (Wildman–Crippen LogP) is 4.17. The minimum Gasteiger partial charge on any atom is -0.371 e. The van der Waals surface area contributed by atoms with Gasteiger partial charge in [-0.3, -0.25) is 0 Å². The van der Waals surface area contributed by atoms with Crippen LogP contribution >= 0.6 is 0 Å². The molecule has 2 atom stereocenters. The first-order valence-electron chi connectivity index (χ1n) is 9.57. The van der Waals surface area contributed by atoms with E-state index in [2.05, 4.69) is 16.8 Å². The Morgan fingerprint density at radius 1 is 0.931 bits per heavy atom. The van der Waals surface area contributed by atoms with Crippen molar-refractivity contribution in [2.45, 2.75) is 40.8 Å². The minimum atomic E-state index is -4.50. The summed E-state index contributed by atoms with van der Waals surface area (Å²) in [5.41, 5.74) is 1.19. The van der Waals surface area contributed by atoms with E-state index in [9.17, 15) is 21.6 Å². The van der Waals surface area contributed by atoms with Gasteiger partial charge in [0.15, 0.2) is 0 Å². The van der Waals surface area contributed by atoms with E-state index in [0.29, 0.717) is 6.04 Å². The summed E-state index contributed by atoms with van der Waals surface area (Å²) < 4.78 is 64.5. The van der Waals surface area contributed by atoms with Gasteiger partial charge in [-0.25, -0.2) is 8.42 Å². The molecule has 8 heteroatoms. The molecule has 2 heterocycles. The van der Waals surface area contributed by atoms with Gasteiger partial charge in [0.05, 0.1) is 15.4 Å². The van der Waals surface area contributed by atoms with Gasteiger partial charge >= 0.3 is 6.18 Å². The van der Waals surface area contributed by atoms with E-state index in [0.717, 1.165) is 61.4 Å². The summed E-state index contributed by atoms with van der Waals surface area (Å²) in [5, 5.41) is 0. The van der Waals surface area contributed by atoms with E-state index < -0.39 is 21.6 Å². The zero-order valence-corrected chi connectivity index (χ0v) is 17.1. The summed E-state index contributed by atoms with van der Waals surface area (Å²) in [4.78, 5) is 4.51. The van der Waals surface area contributed by atoms with Crippen molar-refractivity contribution >= 4 is 15.5 Å². The van der Waals surface area contributed by atoms with Gasteiger partial charge in [-0.2, -0.15) is 13.2 Å². The van der Waals surface area contributed by atoms with Crippen LogP contribution in [0.4, 0.5) is 18.9 Å². The van der Waals surface area contributed by atoms with Gasteiger partial charge in [-0.15, -0.1) is 0 Å². The Kier molecular flexibility index (Phi) is 4.90. The molecule has 29 heavy (non-hydrogen) atoms. The predicted molar refractivity (Wildman–Crippen MR) is 105 cm³/mol. The largest absolute Gasteiger partial charge is 0.416 e. The summed E-state index contributed by atoms with van der Waals surface area (Å²) in [6.07, 6.45) is -2.54.